The number of nitrogens with zero attached hydrogens (tertiary/aromatic N) is 1. The lowest BCUT2D eigenvalue weighted by Gasteiger charge is -2.27. The maximum atomic E-state index is 13.6. The summed E-state index contributed by atoms with van der Waals surface area (Å²) >= 11 is 0. The van der Waals surface area contributed by atoms with Crippen molar-refractivity contribution in [3.05, 3.63) is 45.5 Å². The van der Waals surface area contributed by atoms with Crippen molar-refractivity contribution in [2.24, 2.45) is 0 Å². The summed E-state index contributed by atoms with van der Waals surface area (Å²) in [5.74, 6) is -1.87. The molecule has 96 valence electrons. The smallest absolute Gasteiger partial charge is 0.237 e. The zero-order valence-corrected chi connectivity index (χ0v) is 9.23. The number of nitro groups is 1. The van der Waals surface area contributed by atoms with E-state index in [-0.39, 0.29) is 18.4 Å². The number of rotatable bonds is 2. The van der Waals surface area contributed by atoms with E-state index >= 15 is 0 Å². The molecule has 2 rings (SSSR count). The van der Waals surface area contributed by atoms with Gasteiger partial charge >= 0.3 is 0 Å². The molecule has 0 radical (unpaired) electrons. The molecule has 1 aliphatic rings. The second-order valence-electron chi connectivity index (χ2n) is 4.10. The summed E-state index contributed by atoms with van der Waals surface area (Å²) in [4.78, 5) is 21.6. The number of hydrogen-bond donors (Lipinski definition) is 1. The second-order valence-corrected chi connectivity index (χ2v) is 4.10. The third-order valence-corrected chi connectivity index (χ3v) is 2.93. The summed E-state index contributed by atoms with van der Waals surface area (Å²) in [6, 6.07) is 0.422. The number of amides is 1. The van der Waals surface area contributed by atoms with Crippen molar-refractivity contribution in [1.82, 2.24) is 5.32 Å². The predicted molar refractivity (Wildman–Crippen MR) is 57.3 cm³/mol. The number of piperidine rings is 1. The lowest BCUT2D eigenvalue weighted by Crippen LogP contribution is -2.45. The molecule has 1 N–H and O–H groups in total. The molecular formula is C11H10F2N2O3. The number of nitrogens with one attached hydrogen (secondary N) is 1. The van der Waals surface area contributed by atoms with E-state index in [0.29, 0.717) is 0 Å². The Morgan fingerprint density at radius 1 is 1.39 bits per heavy atom. The normalized spacial score (nSPS) is 23.6. The Morgan fingerprint density at radius 3 is 2.78 bits per heavy atom. The van der Waals surface area contributed by atoms with Gasteiger partial charge in [0.1, 0.15) is 17.7 Å². The molecule has 1 heterocycles. The van der Waals surface area contributed by atoms with Gasteiger partial charge in [0.25, 0.3) is 0 Å². The zero-order chi connectivity index (χ0) is 13.3. The Kier molecular flexibility index (Phi) is 3.22. The molecule has 0 aromatic heterocycles. The summed E-state index contributed by atoms with van der Waals surface area (Å²) in [5, 5.41) is 13.2. The van der Waals surface area contributed by atoms with Crippen molar-refractivity contribution >= 4 is 5.91 Å². The van der Waals surface area contributed by atoms with Gasteiger partial charge in [-0.3, -0.25) is 14.9 Å². The highest BCUT2D eigenvalue weighted by molar-refractivity contribution is 5.77. The molecule has 7 heteroatoms. The molecule has 1 fully saturated rings. The van der Waals surface area contributed by atoms with Gasteiger partial charge in [-0.1, -0.05) is 0 Å². The van der Waals surface area contributed by atoms with Crippen molar-refractivity contribution in [1.29, 1.82) is 0 Å². The second kappa shape index (κ2) is 4.67. The first kappa shape index (κ1) is 12.4. The van der Waals surface area contributed by atoms with E-state index in [4.69, 9.17) is 0 Å². The minimum atomic E-state index is -1.14. The van der Waals surface area contributed by atoms with Gasteiger partial charge in [-0.15, -0.1) is 0 Å². The third kappa shape index (κ3) is 2.29. The van der Waals surface area contributed by atoms with Gasteiger partial charge in [0.05, 0.1) is 0 Å². The van der Waals surface area contributed by atoms with Crippen molar-refractivity contribution in [3.8, 4) is 0 Å². The Morgan fingerprint density at radius 2 is 2.11 bits per heavy atom. The average Bonchev–Trinajstić information content (AvgIpc) is 2.31. The Bertz CT molecular complexity index is 507. The molecular weight excluding hydrogens is 246 g/mol. The van der Waals surface area contributed by atoms with Crippen molar-refractivity contribution in [2.45, 2.75) is 24.9 Å². The van der Waals surface area contributed by atoms with Crippen LogP contribution in [-0.4, -0.2) is 16.9 Å². The van der Waals surface area contributed by atoms with E-state index in [2.05, 4.69) is 5.32 Å². The van der Waals surface area contributed by atoms with Crippen LogP contribution in [0.15, 0.2) is 18.2 Å². The molecule has 18 heavy (non-hydrogen) atoms. The maximum absolute atomic E-state index is 13.6. The van der Waals surface area contributed by atoms with Crippen LogP contribution >= 0.6 is 0 Å². The molecule has 5 nitrogen and oxygen atoms in total. The van der Waals surface area contributed by atoms with Crippen LogP contribution in [0.3, 0.4) is 0 Å². The molecule has 0 spiro atoms. The minimum absolute atomic E-state index is 0.0130. The highest BCUT2D eigenvalue weighted by Crippen LogP contribution is 2.28. The predicted octanol–water partition coefficient (Wildman–Crippen LogP) is 1.56. The van der Waals surface area contributed by atoms with E-state index in [1.165, 1.54) is 0 Å². The van der Waals surface area contributed by atoms with Crippen LogP contribution in [0.5, 0.6) is 0 Å². The Hall–Kier alpha value is -2.05. The number of carbonyl (C=O) groups excluding carboxylic acids is 1. The van der Waals surface area contributed by atoms with Crippen LogP contribution in [0.2, 0.25) is 0 Å². The fraction of sp³-hybridized carbons (Fsp3) is 0.364. The maximum Gasteiger partial charge on any atom is 0.237 e. The van der Waals surface area contributed by atoms with Crippen LogP contribution in [-0.2, 0) is 4.79 Å². The molecule has 1 saturated heterocycles. The van der Waals surface area contributed by atoms with Gasteiger partial charge in [-0.2, -0.15) is 0 Å². The molecule has 0 saturated carbocycles. The summed E-state index contributed by atoms with van der Waals surface area (Å²) < 4.78 is 26.7. The molecule has 1 amide bonds. The zero-order valence-electron chi connectivity index (χ0n) is 9.23. The summed E-state index contributed by atoms with van der Waals surface area (Å²) in [7, 11) is 0. The van der Waals surface area contributed by atoms with Gasteiger partial charge in [0.2, 0.25) is 11.9 Å². The van der Waals surface area contributed by atoms with Gasteiger partial charge < -0.3 is 5.32 Å². The highest BCUT2D eigenvalue weighted by atomic mass is 19.1. The molecule has 2 atom stereocenters. The van der Waals surface area contributed by atoms with Gasteiger partial charge in [0.15, 0.2) is 0 Å². The summed E-state index contributed by atoms with van der Waals surface area (Å²) in [6.45, 7) is 0. The number of halogens is 2. The largest absolute Gasteiger partial charge is 0.342 e. The van der Waals surface area contributed by atoms with Crippen LogP contribution < -0.4 is 5.32 Å². The Balaban J connectivity index is 2.40. The quantitative estimate of drug-likeness (QED) is 0.644. The van der Waals surface area contributed by atoms with E-state index in [1.54, 1.807) is 0 Å². The minimum Gasteiger partial charge on any atom is -0.342 e. The molecule has 1 aliphatic heterocycles. The van der Waals surface area contributed by atoms with Crippen LogP contribution in [0, 0.1) is 21.7 Å². The fourth-order valence-electron chi connectivity index (χ4n) is 2.05. The van der Waals surface area contributed by atoms with E-state index in [0.717, 1.165) is 18.2 Å². The SMILES string of the molecule is O=C1CC[C@H]([N+](=O)[O-])C(c2cc(F)ccc2F)N1. The first-order chi connectivity index (χ1) is 8.49. The molecule has 1 aromatic carbocycles. The summed E-state index contributed by atoms with van der Waals surface area (Å²) in [5.41, 5.74) is -0.190. The van der Waals surface area contributed by atoms with Gasteiger partial charge in [-0.25, -0.2) is 8.78 Å². The van der Waals surface area contributed by atoms with E-state index < -0.39 is 34.5 Å². The molecule has 0 aliphatic carbocycles. The number of hydrogen-bond acceptors (Lipinski definition) is 3. The van der Waals surface area contributed by atoms with Crippen LogP contribution in [0.4, 0.5) is 8.78 Å². The lowest BCUT2D eigenvalue weighted by molar-refractivity contribution is -0.529. The van der Waals surface area contributed by atoms with Crippen molar-refractivity contribution in [2.75, 3.05) is 0 Å². The topological polar surface area (TPSA) is 72.2 Å². The number of benzene rings is 1. The molecule has 1 aromatic rings. The van der Waals surface area contributed by atoms with Crippen molar-refractivity contribution < 1.29 is 18.5 Å². The van der Waals surface area contributed by atoms with Gasteiger partial charge in [0, 0.05) is 23.3 Å². The van der Waals surface area contributed by atoms with Crippen molar-refractivity contribution in [3.63, 3.8) is 0 Å². The first-order valence-corrected chi connectivity index (χ1v) is 5.37. The average molecular weight is 256 g/mol. The Labute approximate surface area is 101 Å². The highest BCUT2D eigenvalue weighted by Gasteiger charge is 2.39. The number of carbonyl (C=O) groups is 1. The van der Waals surface area contributed by atoms with Crippen LogP contribution in [0.25, 0.3) is 0 Å². The van der Waals surface area contributed by atoms with Gasteiger partial charge in [-0.05, 0) is 18.2 Å². The first-order valence-electron chi connectivity index (χ1n) is 5.37. The molecule has 1 unspecified atom stereocenters. The lowest BCUT2D eigenvalue weighted by atomic mass is 9.92. The van der Waals surface area contributed by atoms with E-state index in [1.807, 2.05) is 0 Å². The summed E-state index contributed by atoms with van der Waals surface area (Å²) in [6.07, 6.45) is 0.0263. The fourth-order valence-corrected chi connectivity index (χ4v) is 2.05. The third-order valence-electron chi connectivity index (χ3n) is 2.93. The van der Waals surface area contributed by atoms with Crippen LogP contribution in [0.1, 0.15) is 24.4 Å². The standard InChI is InChI=1S/C11H10F2N2O3/c12-6-1-2-8(13)7(5-6)11-9(15(17)18)3-4-10(16)14-11/h1-2,5,9,11H,3-4H2,(H,14,16)/t9-,11?/m0/s1. The molecule has 0 bridgehead atoms. The van der Waals surface area contributed by atoms with E-state index in [9.17, 15) is 23.7 Å². The monoisotopic (exact) mass is 256 g/mol.